The van der Waals surface area contributed by atoms with Crippen LogP contribution in [0.4, 0.5) is 0 Å². The minimum Gasteiger partial charge on any atom is -0.130 e. The van der Waals surface area contributed by atoms with Crippen LogP contribution in [0.2, 0.25) is 0 Å². The van der Waals surface area contributed by atoms with Crippen molar-refractivity contribution in [2.45, 2.75) is 35.2 Å². The number of rotatable bonds is 6. The standard InChI is InChI=1S/C4H15P5.C3H12P4.C3H9P/c1-3(5)9-4(6,7)8-2;1-3(4,5)7-6-2;1-3-4-2/h3,8-9H,5-7H2,1-2H3;6-7H,4-5H2,1-2H3;4H,3H2,1-2H3. The van der Waals surface area contributed by atoms with Gasteiger partial charge < -0.3 is 0 Å². The van der Waals surface area contributed by atoms with Gasteiger partial charge in [-0.2, -0.15) is 0 Å². The molecule has 0 aromatic rings. The molecule has 0 nitrogen and oxygen atoms in total. The van der Waals surface area contributed by atoms with Crippen LogP contribution < -0.4 is 0 Å². The van der Waals surface area contributed by atoms with E-state index in [1.54, 1.807) is 0 Å². The second kappa shape index (κ2) is 18.1. The van der Waals surface area contributed by atoms with Crippen LogP contribution in [0.25, 0.3) is 0 Å². The Kier molecular flexibility index (Phi) is 26.3. The van der Waals surface area contributed by atoms with Crippen molar-refractivity contribution >= 4 is 88.5 Å². The molecule has 0 N–H and O–H groups in total. The summed E-state index contributed by atoms with van der Waals surface area (Å²) in [4.78, 5) is 0. The van der Waals surface area contributed by atoms with Crippen LogP contribution >= 0.6 is 88.5 Å². The fourth-order valence-electron chi connectivity index (χ4n) is 0.718. The predicted molar refractivity (Wildman–Crippen MR) is 139 cm³/mol. The van der Waals surface area contributed by atoms with E-state index >= 15 is 0 Å². The topological polar surface area (TPSA) is 0 Å². The molecule has 0 bridgehead atoms. The first kappa shape index (κ1) is 29.1. The third-order valence-electron chi connectivity index (χ3n) is 1.63. The molecule has 11 atom stereocenters. The van der Waals surface area contributed by atoms with Crippen LogP contribution in [0, 0.1) is 0 Å². The molecular weight excluding hydrogens is 430 g/mol. The Morgan fingerprint density at radius 1 is 1.05 bits per heavy atom. The van der Waals surface area contributed by atoms with Crippen LogP contribution in [0.15, 0.2) is 0 Å². The van der Waals surface area contributed by atoms with Crippen molar-refractivity contribution < 1.29 is 0 Å². The molecule has 0 rings (SSSR count). The Morgan fingerprint density at radius 2 is 1.45 bits per heavy atom. The molecule has 0 saturated heterocycles. The quantitative estimate of drug-likeness (QED) is 0.410. The fraction of sp³-hybridized carbons (Fsp3) is 1.00. The molecule has 10 heteroatoms. The smallest absolute Gasteiger partial charge is 0.0325 e. The minimum atomic E-state index is 0.424. The Morgan fingerprint density at radius 3 is 1.50 bits per heavy atom. The molecule has 20 heavy (non-hydrogen) atoms. The summed E-state index contributed by atoms with van der Waals surface area (Å²) in [5.41, 5.74) is 0. The van der Waals surface area contributed by atoms with E-state index < -0.39 is 0 Å². The van der Waals surface area contributed by atoms with E-state index in [1.165, 1.54) is 6.16 Å². The van der Waals surface area contributed by atoms with E-state index in [4.69, 9.17) is 0 Å². The average Bonchev–Trinajstić information content (AvgIpc) is 2.27. The van der Waals surface area contributed by atoms with Gasteiger partial charge in [0.1, 0.15) is 0 Å². The second-order valence-corrected chi connectivity index (χ2v) is 24.4. The molecule has 0 fully saturated rings. The van der Waals surface area contributed by atoms with Gasteiger partial charge in [0.25, 0.3) is 0 Å². The van der Waals surface area contributed by atoms with Gasteiger partial charge in [0.15, 0.2) is 0 Å². The summed E-state index contributed by atoms with van der Waals surface area (Å²) in [7, 11) is 19.6. The highest BCUT2D eigenvalue weighted by molar-refractivity contribution is 8.15. The summed E-state index contributed by atoms with van der Waals surface area (Å²) in [6, 6.07) is 0. The zero-order valence-electron chi connectivity index (χ0n) is 13.7. The third-order valence-corrected chi connectivity index (χ3v) is 14.3. The van der Waals surface area contributed by atoms with Crippen molar-refractivity contribution in [3.63, 3.8) is 0 Å². The summed E-state index contributed by atoms with van der Waals surface area (Å²) in [6.07, 6.45) is 1.35. The molecule has 0 aliphatic carbocycles. The average molecular weight is 466 g/mol. The third kappa shape index (κ3) is 33.8. The van der Waals surface area contributed by atoms with E-state index in [0.29, 0.717) is 9.02 Å². The van der Waals surface area contributed by atoms with E-state index in [0.717, 1.165) is 47.7 Å². The van der Waals surface area contributed by atoms with Crippen LogP contribution in [0.3, 0.4) is 0 Å². The predicted octanol–water partition coefficient (Wildman–Crippen LogP) is 6.18. The van der Waals surface area contributed by atoms with Crippen LogP contribution in [0.5, 0.6) is 0 Å². The van der Waals surface area contributed by atoms with Gasteiger partial charge in [-0.15, -0.1) is 71.6 Å². The van der Waals surface area contributed by atoms with Crippen LogP contribution in [-0.4, -0.2) is 40.6 Å². The molecule has 126 valence electrons. The van der Waals surface area contributed by atoms with Gasteiger partial charge in [-0.1, -0.05) is 30.7 Å². The van der Waals surface area contributed by atoms with Crippen LogP contribution in [0.1, 0.15) is 20.8 Å². The van der Waals surface area contributed by atoms with Crippen molar-refractivity contribution in [2.75, 3.05) is 26.2 Å². The first-order valence-electron chi connectivity index (χ1n) is 6.41. The Hall–Kier alpha value is 4.30. The number of hydrogen-bond acceptors (Lipinski definition) is 0. The van der Waals surface area contributed by atoms with E-state index in [2.05, 4.69) is 87.0 Å². The van der Waals surface area contributed by atoms with Gasteiger partial charge in [0.2, 0.25) is 0 Å². The highest BCUT2D eigenvalue weighted by Crippen LogP contribution is 2.58. The molecule has 0 amide bonds. The molecule has 0 heterocycles. The SMILES string of the molecule is CCPC.CPC(P)(P)PC(C)P.CPPC(C)(P)P. The lowest BCUT2D eigenvalue weighted by molar-refractivity contribution is 1.33. The Bertz CT molecular complexity index is 187. The highest BCUT2D eigenvalue weighted by Gasteiger charge is 2.16. The zero-order valence-corrected chi connectivity index (χ0v) is 24.4. The lowest BCUT2D eigenvalue weighted by atomic mass is 10.9. The minimum absolute atomic E-state index is 0.424. The molecule has 0 aromatic carbocycles. The van der Waals surface area contributed by atoms with Gasteiger partial charge in [-0.25, -0.2) is 0 Å². The molecule has 0 aliphatic heterocycles. The molecule has 0 radical (unpaired) electrons. The lowest BCUT2D eigenvalue weighted by Crippen LogP contribution is -1.95. The molecule has 0 aromatic heterocycles. The second-order valence-electron chi connectivity index (χ2n) is 4.42. The monoisotopic (exact) mass is 466 g/mol. The number of hydrogen-bond donors (Lipinski definition) is 0. The largest absolute Gasteiger partial charge is 0.130 e. The van der Waals surface area contributed by atoms with E-state index in [1.807, 2.05) is 0 Å². The summed E-state index contributed by atoms with van der Waals surface area (Å²) < 4.78 is 0.856. The molecule has 0 aliphatic rings. The van der Waals surface area contributed by atoms with Gasteiger partial charge in [-0.3, -0.25) is 0 Å². The first-order chi connectivity index (χ1) is 8.95. The van der Waals surface area contributed by atoms with Gasteiger partial charge in [0.05, 0.1) is 0 Å². The summed E-state index contributed by atoms with van der Waals surface area (Å²) in [5, 5.41) is 0.757. The van der Waals surface area contributed by atoms with Crippen molar-refractivity contribution in [3.05, 3.63) is 0 Å². The molecule has 0 saturated carbocycles. The van der Waals surface area contributed by atoms with Gasteiger partial charge >= 0.3 is 0 Å². The van der Waals surface area contributed by atoms with Gasteiger partial charge in [-0.05, 0) is 38.5 Å². The zero-order chi connectivity index (χ0) is 16.8. The molecule has 11 unspecified atom stereocenters. The molecular formula is C10H36P10. The van der Waals surface area contributed by atoms with E-state index in [9.17, 15) is 0 Å². The van der Waals surface area contributed by atoms with Crippen molar-refractivity contribution in [3.8, 4) is 0 Å². The normalized spacial score (nSPS) is 15.8. The van der Waals surface area contributed by atoms with Crippen LogP contribution in [-0.2, 0) is 0 Å². The van der Waals surface area contributed by atoms with Crippen molar-refractivity contribution in [2.24, 2.45) is 0 Å². The summed E-state index contributed by atoms with van der Waals surface area (Å²) in [6.45, 7) is 13.4. The first-order valence-corrected chi connectivity index (χ1v) is 17.2. The summed E-state index contributed by atoms with van der Waals surface area (Å²) >= 11 is 0. The lowest BCUT2D eigenvalue weighted by Gasteiger charge is -2.24. The Labute approximate surface area is 149 Å². The molecule has 0 spiro atoms. The van der Waals surface area contributed by atoms with Crippen molar-refractivity contribution in [1.82, 2.24) is 0 Å². The highest BCUT2D eigenvalue weighted by atomic mass is 32.0. The maximum Gasteiger partial charge on any atom is 0.0325 e. The fourth-order valence-corrected chi connectivity index (χ4v) is 11.5. The summed E-state index contributed by atoms with van der Waals surface area (Å²) in [5.74, 6) is 0. The van der Waals surface area contributed by atoms with Crippen molar-refractivity contribution in [1.29, 1.82) is 0 Å². The maximum atomic E-state index is 2.91. The Balaban J connectivity index is -0.000000234. The van der Waals surface area contributed by atoms with Gasteiger partial charge in [0, 0.05) is 9.02 Å². The van der Waals surface area contributed by atoms with E-state index in [-0.39, 0.29) is 0 Å². The maximum absolute atomic E-state index is 2.91.